The molecule has 2 rings (SSSR count). The molecular formula is C16H16FN3O2S. The number of hydrogen-bond acceptors (Lipinski definition) is 4. The zero-order valence-corrected chi connectivity index (χ0v) is 13.5. The van der Waals surface area contributed by atoms with Crippen molar-refractivity contribution in [3.8, 4) is 0 Å². The number of anilines is 2. The number of hydrogen-bond donors (Lipinski definition) is 2. The van der Waals surface area contributed by atoms with Crippen LogP contribution in [0.1, 0.15) is 35.1 Å². The molecule has 1 heterocycles. The van der Waals surface area contributed by atoms with Crippen LogP contribution >= 0.6 is 11.3 Å². The lowest BCUT2D eigenvalue weighted by atomic mass is 10.1. The van der Waals surface area contributed by atoms with Crippen LogP contribution < -0.4 is 10.6 Å². The van der Waals surface area contributed by atoms with Crippen molar-refractivity contribution in [3.05, 3.63) is 52.8 Å². The number of carbonyl (C=O) groups excluding carboxylic acids is 2. The Labute approximate surface area is 137 Å². The molecule has 2 amide bonds. The van der Waals surface area contributed by atoms with Crippen molar-refractivity contribution < 1.29 is 14.0 Å². The van der Waals surface area contributed by atoms with Gasteiger partial charge in [0.1, 0.15) is 11.5 Å². The van der Waals surface area contributed by atoms with Crippen molar-refractivity contribution in [1.82, 2.24) is 4.98 Å². The Bertz CT molecular complexity index is 756. The van der Waals surface area contributed by atoms with Gasteiger partial charge in [0.05, 0.1) is 11.2 Å². The third kappa shape index (κ3) is 4.01. The second-order valence-electron chi connectivity index (χ2n) is 5.06. The summed E-state index contributed by atoms with van der Waals surface area (Å²) < 4.78 is 13.7. The fourth-order valence-corrected chi connectivity index (χ4v) is 2.71. The van der Waals surface area contributed by atoms with Crippen LogP contribution in [0, 0.1) is 5.82 Å². The van der Waals surface area contributed by atoms with Crippen molar-refractivity contribution in [1.29, 1.82) is 0 Å². The molecule has 2 aromatic rings. The zero-order chi connectivity index (χ0) is 17.0. The largest absolute Gasteiger partial charge is 0.321 e. The molecule has 0 saturated carbocycles. The van der Waals surface area contributed by atoms with Gasteiger partial charge < -0.3 is 10.6 Å². The molecule has 0 spiro atoms. The highest BCUT2D eigenvalue weighted by atomic mass is 32.1. The van der Waals surface area contributed by atoms with E-state index in [1.165, 1.54) is 29.5 Å². The van der Waals surface area contributed by atoms with Crippen molar-refractivity contribution in [2.75, 3.05) is 10.6 Å². The number of halogens is 1. The third-order valence-corrected chi connectivity index (χ3v) is 4.13. The molecule has 120 valence electrons. The number of carbonyl (C=O) groups is 2. The van der Waals surface area contributed by atoms with Crippen molar-refractivity contribution in [2.45, 2.75) is 19.8 Å². The molecule has 0 saturated heterocycles. The topological polar surface area (TPSA) is 71.1 Å². The predicted molar refractivity (Wildman–Crippen MR) is 89.4 cm³/mol. The monoisotopic (exact) mass is 333 g/mol. The van der Waals surface area contributed by atoms with Crippen LogP contribution in [0.4, 0.5) is 15.8 Å². The molecule has 1 aromatic heterocycles. The van der Waals surface area contributed by atoms with Crippen LogP contribution in [-0.2, 0) is 4.79 Å². The average molecular weight is 333 g/mol. The number of benzene rings is 1. The van der Waals surface area contributed by atoms with Gasteiger partial charge in [-0.05, 0) is 30.2 Å². The summed E-state index contributed by atoms with van der Waals surface area (Å²) in [7, 11) is 0. The summed E-state index contributed by atoms with van der Waals surface area (Å²) >= 11 is 1.41. The van der Waals surface area contributed by atoms with E-state index in [4.69, 9.17) is 0 Å². The van der Waals surface area contributed by atoms with E-state index in [1.54, 1.807) is 5.51 Å². The van der Waals surface area contributed by atoms with E-state index in [-0.39, 0.29) is 17.5 Å². The molecule has 1 aromatic carbocycles. The molecule has 5 nitrogen and oxygen atoms in total. The molecule has 0 aliphatic rings. The maximum absolute atomic E-state index is 13.7. The van der Waals surface area contributed by atoms with Gasteiger partial charge in [0.2, 0.25) is 5.91 Å². The molecule has 0 radical (unpaired) electrons. The van der Waals surface area contributed by atoms with Crippen molar-refractivity contribution in [2.24, 2.45) is 0 Å². The minimum Gasteiger partial charge on any atom is -0.321 e. The van der Waals surface area contributed by atoms with E-state index in [1.807, 2.05) is 13.8 Å². The Kier molecular flexibility index (Phi) is 5.23. The molecule has 23 heavy (non-hydrogen) atoms. The predicted octanol–water partition coefficient (Wildman–Crippen LogP) is 3.78. The summed E-state index contributed by atoms with van der Waals surface area (Å²) in [6.45, 7) is 7.26. The van der Waals surface area contributed by atoms with Gasteiger partial charge in [-0.25, -0.2) is 9.37 Å². The first-order chi connectivity index (χ1) is 10.9. The highest BCUT2D eigenvalue weighted by Crippen LogP contribution is 2.25. The van der Waals surface area contributed by atoms with Crippen LogP contribution in [0.25, 0.3) is 0 Å². The number of rotatable bonds is 5. The number of nitrogens with one attached hydrogen (secondary N) is 2. The van der Waals surface area contributed by atoms with Gasteiger partial charge in [0, 0.05) is 10.6 Å². The molecule has 0 atom stereocenters. The summed E-state index contributed by atoms with van der Waals surface area (Å²) in [4.78, 5) is 28.6. The molecule has 0 bridgehead atoms. The molecule has 0 aliphatic carbocycles. The minimum absolute atomic E-state index is 0.0324. The summed E-state index contributed by atoms with van der Waals surface area (Å²) in [5, 5.41) is 5.00. The summed E-state index contributed by atoms with van der Waals surface area (Å²) in [6, 6.07) is 3.92. The van der Waals surface area contributed by atoms with Gasteiger partial charge in [-0.3, -0.25) is 9.59 Å². The Balaban J connectivity index is 2.21. The number of nitrogens with zero attached hydrogens (tertiary/aromatic N) is 1. The minimum atomic E-state index is -0.602. The summed E-state index contributed by atoms with van der Waals surface area (Å²) in [5.41, 5.74) is 2.30. The highest BCUT2D eigenvalue weighted by molar-refractivity contribution is 7.10. The first-order valence-corrected chi connectivity index (χ1v) is 7.78. The lowest BCUT2D eigenvalue weighted by Crippen LogP contribution is -2.15. The van der Waals surface area contributed by atoms with E-state index in [2.05, 4.69) is 22.2 Å². The Morgan fingerprint density at radius 3 is 2.74 bits per heavy atom. The fourth-order valence-electron chi connectivity index (χ4n) is 1.91. The van der Waals surface area contributed by atoms with E-state index >= 15 is 0 Å². The standard InChI is InChI=1S/C16H16FN3O2S/c1-4-13(21)20-12-7-10(5-6-11(12)17)19-16(22)14-15(9(2)3)23-8-18-14/h4-9H,1H2,2-3H3,(H,19,22)(H,20,21). The van der Waals surface area contributed by atoms with Crippen LogP contribution in [0.15, 0.2) is 36.4 Å². The average Bonchev–Trinajstić information content (AvgIpc) is 3.00. The highest BCUT2D eigenvalue weighted by Gasteiger charge is 2.18. The van der Waals surface area contributed by atoms with Gasteiger partial charge in [0.15, 0.2) is 0 Å². The van der Waals surface area contributed by atoms with Gasteiger partial charge in [-0.2, -0.15) is 0 Å². The normalized spacial score (nSPS) is 10.4. The second-order valence-corrected chi connectivity index (χ2v) is 5.95. The van der Waals surface area contributed by atoms with E-state index < -0.39 is 11.7 Å². The van der Waals surface area contributed by atoms with Crippen molar-refractivity contribution >= 4 is 34.5 Å². The lowest BCUT2D eigenvalue weighted by Gasteiger charge is -2.09. The molecular weight excluding hydrogens is 317 g/mol. The SMILES string of the molecule is C=CC(=O)Nc1cc(NC(=O)c2ncsc2C(C)C)ccc1F. The Morgan fingerprint density at radius 2 is 2.09 bits per heavy atom. The Morgan fingerprint density at radius 1 is 1.35 bits per heavy atom. The van der Waals surface area contributed by atoms with Gasteiger partial charge in [0.25, 0.3) is 5.91 Å². The van der Waals surface area contributed by atoms with Crippen LogP contribution in [0.5, 0.6) is 0 Å². The zero-order valence-electron chi connectivity index (χ0n) is 12.7. The number of thiazole rings is 1. The maximum atomic E-state index is 13.7. The molecule has 0 aliphatic heterocycles. The van der Waals surface area contributed by atoms with Crippen molar-refractivity contribution in [3.63, 3.8) is 0 Å². The van der Waals surface area contributed by atoms with E-state index in [0.717, 1.165) is 11.0 Å². The second kappa shape index (κ2) is 7.15. The van der Waals surface area contributed by atoms with E-state index in [9.17, 15) is 14.0 Å². The summed E-state index contributed by atoms with van der Waals surface area (Å²) in [6.07, 6.45) is 1.04. The Hall–Kier alpha value is -2.54. The first-order valence-electron chi connectivity index (χ1n) is 6.90. The quantitative estimate of drug-likeness (QED) is 0.818. The molecule has 0 unspecified atom stereocenters. The smallest absolute Gasteiger partial charge is 0.275 e. The molecule has 2 N–H and O–H groups in total. The van der Waals surface area contributed by atoms with Crippen LogP contribution in [0.3, 0.4) is 0 Å². The maximum Gasteiger partial charge on any atom is 0.275 e. The molecule has 7 heteroatoms. The lowest BCUT2D eigenvalue weighted by molar-refractivity contribution is -0.111. The van der Waals surface area contributed by atoms with Crippen LogP contribution in [-0.4, -0.2) is 16.8 Å². The first kappa shape index (κ1) is 16.8. The third-order valence-electron chi connectivity index (χ3n) is 3.00. The molecule has 0 fully saturated rings. The van der Waals surface area contributed by atoms with Gasteiger partial charge in [-0.15, -0.1) is 11.3 Å². The van der Waals surface area contributed by atoms with E-state index in [0.29, 0.717) is 11.4 Å². The fraction of sp³-hybridized carbons (Fsp3) is 0.188. The number of amides is 2. The van der Waals surface area contributed by atoms with Gasteiger partial charge >= 0.3 is 0 Å². The van der Waals surface area contributed by atoms with Crippen LogP contribution in [0.2, 0.25) is 0 Å². The summed E-state index contributed by atoms with van der Waals surface area (Å²) in [5.74, 6) is -1.33. The number of aromatic nitrogens is 1. The van der Waals surface area contributed by atoms with Gasteiger partial charge in [-0.1, -0.05) is 20.4 Å².